The third kappa shape index (κ3) is 3.73. The monoisotopic (exact) mass is 284 g/mol. The zero-order chi connectivity index (χ0) is 15.2. The van der Waals surface area contributed by atoms with Crippen molar-refractivity contribution in [2.75, 3.05) is 17.7 Å². The first kappa shape index (κ1) is 14.4. The van der Waals surface area contributed by atoms with Crippen molar-refractivity contribution in [2.45, 2.75) is 0 Å². The van der Waals surface area contributed by atoms with Crippen molar-refractivity contribution in [3.8, 4) is 5.75 Å². The van der Waals surface area contributed by atoms with Gasteiger partial charge in [0.15, 0.2) is 0 Å². The number of hydrogen-bond acceptors (Lipinski definition) is 3. The highest BCUT2D eigenvalue weighted by atomic mass is 16.5. The molecule has 2 amide bonds. The van der Waals surface area contributed by atoms with E-state index < -0.39 is 6.03 Å². The van der Waals surface area contributed by atoms with Gasteiger partial charge in [-0.3, -0.25) is 5.41 Å². The van der Waals surface area contributed by atoms with Gasteiger partial charge in [0.25, 0.3) is 0 Å². The Bertz CT molecular complexity index is 653. The highest BCUT2D eigenvalue weighted by molar-refractivity contribution is 6.06. The molecule has 2 aromatic carbocycles. The second-order valence-electron chi connectivity index (χ2n) is 4.27. The Balaban J connectivity index is 2.06. The SMILES string of the molecule is COc1ccc(NC(=O)Nc2ccccc2C(=N)N)cc1. The molecule has 2 aromatic rings. The lowest BCUT2D eigenvalue weighted by Crippen LogP contribution is -2.22. The third-order valence-corrected chi connectivity index (χ3v) is 2.81. The van der Waals surface area contributed by atoms with Crippen molar-refractivity contribution in [2.24, 2.45) is 5.73 Å². The van der Waals surface area contributed by atoms with Crippen LogP contribution in [0, 0.1) is 5.41 Å². The molecule has 0 radical (unpaired) electrons. The largest absolute Gasteiger partial charge is 0.497 e. The van der Waals surface area contributed by atoms with Crippen LogP contribution in [0.2, 0.25) is 0 Å². The van der Waals surface area contributed by atoms with Gasteiger partial charge in [0, 0.05) is 11.3 Å². The first-order valence-electron chi connectivity index (χ1n) is 6.25. The minimum atomic E-state index is -0.408. The Morgan fingerprint density at radius 2 is 1.76 bits per heavy atom. The maximum atomic E-state index is 11.9. The fourth-order valence-corrected chi connectivity index (χ4v) is 1.79. The Morgan fingerprint density at radius 3 is 2.38 bits per heavy atom. The molecule has 0 saturated heterocycles. The molecule has 0 heterocycles. The molecule has 0 unspecified atom stereocenters. The number of amidine groups is 1. The van der Waals surface area contributed by atoms with Gasteiger partial charge in [-0.05, 0) is 36.4 Å². The second-order valence-corrected chi connectivity index (χ2v) is 4.27. The number of nitrogens with one attached hydrogen (secondary N) is 3. The van der Waals surface area contributed by atoms with E-state index in [1.807, 2.05) is 0 Å². The summed E-state index contributed by atoms with van der Waals surface area (Å²) < 4.78 is 5.05. The smallest absolute Gasteiger partial charge is 0.323 e. The Hall–Kier alpha value is -3.02. The lowest BCUT2D eigenvalue weighted by Gasteiger charge is -2.11. The maximum absolute atomic E-state index is 11.9. The van der Waals surface area contributed by atoms with Gasteiger partial charge in [-0.15, -0.1) is 0 Å². The molecule has 0 atom stereocenters. The van der Waals surface area contributed by atoms with Crippen LogP contribution >= 0.6 is 0 Å². The van der Waals surface area contributed by atoms with Crippen molar-refractivity contribution < 1.29 is 9.53 Å². The predicted octanol–water partition coefficient (Wildman–Crippen LogP) is 2.62. The van der Waals surface area contributed by atoms with E-state index in [-0.39, 0.29) is 5.84 Å². The predicted molar refractivity (Wildman–Crippen MR) is 83.1 cm³/mol. The van der Waals surface area contributed by atoms with Gasteiger partial charge in [-0.1, -0.05) is 12.1 Å². The number of carbonyl (C=O) groups is 1. The third-order valence-electron chi connectivity index (χ3n) is 2.81. The van der Waals surface area contributed by atoms with Crippen molar-refractivity contribution in [1.29, 1.82) is 5.41 Å². The van der Waals surface area contributed by atoms with Crippen LogP contribution < -0.4 is 21.1 Å². The van der Waals surface area contributed by atoms with Crippen molar-refractivity contribution >= 4 is 23.2 Å². The van der Waals surface area contributed by atoms with Crippen LogP contribution in [0.1, 0.15) is 5.56 Å². The number of carbonyl (C=O) groups excluding carboxylic acids is 1. The van der Waals surface area contributed by atoms with E-state index >= 15 is 0 Å². The molecule has 2 rings (SSSR count). The van der Waals surface area contributed by atoms with Crippen molar-refractivity contribution in [1.82, 2.24) is 0 Å². The van der Waals surface area contributed by atoms with Gasteiger partial charge in [0.05, 0.1) is 12.8 Å². The first-order valence-corrected chi connectivity index (χ1v) is 6.25. The van der Waals surface area contributed by atoms with Gasteiger partial charge in [-0.25, -0.2) is 4.79 Å². The molecule has 6 heteroatoms. The summed E-state index contributed by atoms with van der Waals surface area (Å²) in [6.45, 7) is 0. The quantitative estimate of drug-likeness (QED) is 0.513. The van der Waals surface area contributed by atoms with E-state index in [1.54, 1.807) is 55.6 Å². The molecule has 0 spiro atoms. The molecular formula is C15H16N4O2. The fourth-order valence-electron chi connectivity index (χ4n) is 1.79. The van der Waals surface area contributed by atoms with E-state index in [1.165, 1.54) is 0 Å². The zero-order valence-corrected chi connectivity index (χ0v) is 11.5. The number of para-hydroxylation sites is 1. The van der Waals surface area contributed by atoms with Crippen LogP contribution in [0.15, 0.2) is 48.5 Å². The number of hydrogen-bond donors (Lipinski definition) is 4. The van der Waals surface area contributed by atoms with Gasteiger partial charge in [0.1, 0.15) is 11.6 Å². The number of rotatable bonds is 4. The van der Waals surface area contributed by atoms with E-state index in [2.05, 4.69) is 10.6 Å². The van der Waals surface area contributed by atoms with Crippen LogP contribution in [-0.4, -0.2) is 19.0 Å². The van der Waals surface area contributed by atoms with Gasteiger partial charge >= 0.3 is 6.03 Å². The van der Waals surface area contributed by atoms with E-state index in [0.29, 0.717) is 22.7 Å². The second kappa shape index (κ2) is 6.42. The highest BCUT2D eigenvalue weighted by Gasteiger charge is 2.08. The number of anilines is 2. The molecule has 0 fully saturated rings. The standard InChI is InChI=1S/C15H16N4O2/c1-21-11-8-6-10(7-9-11)18-15(20)19-13-5-3-2-4-12(13)14(16)17/h2-9H,1H3,(H3,16,17)(H2,18,19,20). The summed E-state index contributed by atoms with van der Waals surface area (Å²) in [6, 6.07) is 13.4. The molecular weight excluding hydrogens is 268 g/mol. The summed E-state index contributed by atoms with van der Waals surface area (Å²) in [5, 5.41) is 12.8. The Kier molecular flexibility index (Phi) is 4.40. The number of nitrogens with two attached hydrogens (primary N) is 1. The average molecular weight is 284 g/mol. The summed E-state index contributed by atoms with van der Waals surface area (Å²) in [4.78, 5) is 11.9. The minimum absolute atomic E-state index is 0.102. The fraction of sp³-hybridized carbons (Fsp3) is 0.0667. The minimum Gasteiger partial charge on any atom is -0.497 e. The van der Waals surface area contributed by atoms with Crippen LogP contribution in [0.5, 0.6) is 5.75 Å². The topological polar surface area (TPSA) is 100 Å². The summed E-state index contributed by atoms with van der Waals surface area (Å²) >= 11 is 0. The summed E-state index contributed by atoms with van der Waals surface area (Å²) in [5.41, 5.74) is 7.06. The Labute approximate surface area is 122 Å². The van der Waals surface area contributed by atoms with Gasteiger partial charge in [0.2, 0.25) is 0 Å². The van der Waals surface area contributed by atoms with Crippen LogP contribution in [0.4, 0.5) is 16.2 Å². The molecule has 0 aromatic heterocycles. The molecule has 21 heavy (non-hydrogen) atoms. The normalized spacial score (nSPS) is 9.76. The average Bonchev–Trinajstić information content (AvgIpc) is 2.48. The lowest BCUT2D eigenvalue weighted by molar-refractivity contribution is 0.262. The van der Waals surface area contributed by atoms with E-state index in [4.69, 9.17) is 15.9 Å². The van der Waals surface area contributed by atoms with Crippen LogP contribution in [0.25, 0.3) is 0 Å². The summed E-state index contributed by atoms with van der Waals surface area (Å²) in [7, 11) is 1.58. The Morgan fingerprint density at radius 1 is 1.10 bits per heavy atom. The molecule has 108 valence electrons. The van der Waals surface area contributed by atoms with Gasteiger partial charge in [-0.2, -0.15) is 0 Å². The molecule has 0 saturated carbocycles. The molecule has 5 N–H and O–H groups in total. The van der Waals surface area contributed by atoms with Crippen LogP contribution in [0.3, 0.4) is 0 Å². The number of methoxy groups -OCH3 is 1. The maximum Gasteiger partial charge on any atom is 0.323 e. The molecule has 0 aliphatic heterocycles. The van der Waals surface area contributed by atoms with E-state index in [0.717, 1.165) is 0 Å². The van der Waals surface area contributed by atoms with Gasteiger partial charge < -0.3 is 21.1 Å². The van der Waals surface area contributed by atoms with Crippen molar-refractivity contribution in [3.63, 3.8) is 0 Å². The summed E-state index contributed by atoms with van der Waals surface area (Å²) in [6.07, 6.45) is 0. The molecule has 0 aliphatic rings. The molecule has 0 bridgehead atoms. The van der Waals surface area contributed by atoms with Crippen molar-refractivity contribution in [3.05, 3.63) is 54.1 Å². The number of amides is 2. The number of nitrogen functional groups attached to an aromatic ring is 1. The van der Waals surface area contributed by atoms with E-state index in [9.17, 15) is 4.79 Å². The number of ether oxygens (including phenoxy) is 1. The summed E-state index contributed by atoms with van der Waals surface area (Å²) in [5.74, 6) is 0.609. The lowest BCUT2D eigenvalue weighted by atomic mass is 10.1. The zero-order valence-electron chi connectivity index (χ0n) is 11.5. The van der Waals surface area contributed by atoms with Crippen LogP contribution in [-0.2, 0) is 0 Å². The first-order chi connectivity index (χ1) is 10.1. The number of urea groups is 1. The molecule has 0 aliphatic carbocycles. The molecule has 6 nitrogen and oxygen atoms in total. The highest BCUT2D eigenvalue weighted by Crippen LogP contribution is 2.17. The number of benzene rings is 2.